The van der Waals surface area contributed by atoms with E-state index in [1.54, 1.807) is 30.0 Å². The standard InChI is InChI=1S/C25H31FN4O4S/c1-6-15-29(35(32,33)21-13-7-18(26)8-14-21)17-24(31)27-23-16-22(25(2,3)4)28-30(23)19-9-11-20(34-5)12-10-19/h7-14,16H,6,15,17H2,1-5H3,(H,27,31). The Balaban J connectivity index is 1.89. The zero-order valence-corrected chi connectivity index (χ0v) is 21.4. The van der Waals surface area contributed by atoms with Gasteiger partial charge in [-0.05, 0) is 55.0 Å². The van der Waals surface area contributed by atoms with Gasteiger partial charge < -0.3 is 10.1 Å². The van der Waals surface area contributed by atoms with E-state index in [0.29, 0.717) is 23.7 Å². The van der Waals surface area contributed by atoms with Gasteiger partial charge in [0.05, 0.1) is 29.9 Å². The Morgan fingerprint density at radius 2 is 1.74 bits per heavy atom. The molecule has 2 aromatic carbocycles. The number of amides is 1. The molecule has 0 aliphatic carbocycles. The number of methoxy groups -OCH3 is 1. The van der Waals surface area contributed by atoms with Gasteiger partial charge in [0.25, 0.3) is 0 Å². The van der Waals surface area contributed by atoms with Crippen molar-refractivity contribution in [2.75, 3.05) is 25.5 Å². The topological polar surface area (TPSA) is 93.5 Å². The maximum atomic E-state index is 13.3. The smallest absolute Gasteiger partial charge is 0.243 e. The number of ether oxygens (including phenoxy) is 1. The van der Waals surface area contributed by atoms with E-state index >= 15 is 0 Å². The summed E-state index contributed by atoms with van der Waals surface area (Å²) in [4.78, 5) is 13.0. The fourth-order valence-electron chi connectivity index (χ4n) is 3.39. The Morgan fingerprint density at radius 3 is 2.29 bits per heavy atom. The van der Waals surface area contributed by atoms with E-state index in [1.165, 1.54) is 12.1 Å². The highest BCUT2D eigenvalue weighted by Crippen LogP contribution is 2.27. The molecular formula is C25H31FN4O4S. The average Bonchev–Trinajstić information content (AvgIpc) is 3.23. The van der Waals surface area contributed by atoms with Crippen molar-refractivity contribution < 1.29 is 22.3 Å². The molecule has 0 radical (unpaired) electrons. The minimum atomic E-state index is -3.99. The second kappa shape index (κ2) is 10.6. The first-order chi connectivity index (χ1) is 16.5. The van der Waals surface area contributed by atoms with Gasteiger partial charge in [0.2, 0.25) is 15.9 Å². The maximum Gasteiger partial charge on any atom is 0.243 e. The molecule has 1 N–H and O–H groups in total. The van der Waals surface area contributed by atoms with Crippen LogP contribution < -0.4 is 10.1 Å². The van der Waals surface area contributed by atoms with Gasteiger partial charge >= 0.3 is 0 Å². The van der Waals surface area contributed by atoms with E-state index in [1.807, 2.05) is 39.8 Å². The second-order valence-electron chi connectivity index (χ2n) is 9.12. The molecule has 0 aliphatic rings. The van der Waals surface area contributed by atoms with E-state index in [2.05, 4.69) is 10.4 Å². The molecule has 0 saturated carbocycles. The van der Waals surface area contributed by atoms with Crippen LogP contribution in [0.25, 0.3) is 5.69 Å². The lowest BCUT2D eigenvalue weighted by Gasteiger charge is -2.21. The lowest BCUT2D eigenvalue weighted by Crippen LogP contribution is -2.38. The monoisotopic (exact) mass is 502 g/mol. The molecule has 1 amide bonds. The largest absolute Gasteiger partial charge is 0.497 e. The highest BCUT2D eigenvalue weighted by Gasteiger charge is 2.27. The summed E-state index contributed by atoms with van der Waals surface area (Å²) in [6.07, 6.45) is 0.506. The molecule has 3 rings (SSSR count). The summed E-state index contributed by atoms with van der Waals surface area (Å²) in [5.41, 5.74) is 1.19. The van der Waals surface area contributed by atoms with Crippen molar-refractivity contribution >= 4 is 21.7 Å². The number of benzene rings is 2. The highest BCUT2D eigenvalue weighted by atomic mass is 32.2. The van der Waals surface area contributed by atoms with Crippen molar-refractivity contribution in [3.05, 3.63) is 66.1 Å². The van der Waals surface area contributed by atoms with E-state index < -0.39 is 28.3 Å². The van der Waals surface area contributed by atoms with Crippen LogP contribution >= 0.6 is 0 Å². The number of rotatable bonds is 9. The molecule has 0 bridgehead atoms. The summed E-state index contributed by atoms with van der Waals surface area (Å²) in [6, 6.07) is 13.5. The number of hydrogen-bond acceptors (Lipinski definition) is 5. The van der Waals surface area contributed by atoms with Crippen molar-refractivity contribution in [3.8, 4) is 11.4 Å². The molecule has 1 aromatic heterocycles. The fraction of sp³-hybridized carbons (Fsp3) is 0.360. The van der Waals surface area contributed by atoms with Crippen LogP contribution in [-0.4, -0.2) is 48.6 Å². The van der Waals surface area contributed by atoms with Gasteiger partial charge in [-0.25, -0.2) is 17.5 Å². The normalized spacial score (nSPS) is 12.1. The number of nitrogens with zero attached hydrogens (tertiary/aromatic N) is 3. The third kappa shape index (κ3) is 6.26. The van der Waals surface area contributed by atoms with Crippen LogP contribution in [0.1, 0.15) is 39.8 Å². The van der Waals surface area contributed by atoms with Crippen LogP contribution in [-0.2, 0) is 20.2 Å². The van der Waals surface area contributed by atoms with Gasteiger partial charge in [-0.1, -0.05) is 27.7 Å². The fourth-order valence-corrected chi connectivity index (χ4v) is 4.88. The number of aromatic nitrogens is 2. The van der Waals surface area contributed by atoms with Gasteiger partial charge in [-0.3, -0.25) is 4.79 Å². The van der Waals surface area contributed by atoms with Gasteiger partial charge in [0.1, 0.15) is 17.4 Å². The van der Waals surface area contributed by atoms with E-state index in [4.69, 9.17) is 4.74 Å². The molecule has 10 heteroatoms. The molecule has 35 heavy (non-hydrogen) atoms. The lowest BCUT2D eigenvalue weighted by atomic mass is 9.92. The van der Waals surface area contributed by atoms with E-state index in [-0.39, 0.29) is 16.9 Å². The Bertz CT molecular complexity index is 1260. The van der Waals surface area contributed by atoms with E-state index in [0.717, 1.165) is 22.1 Å². The van der Waals surface area contributed by atoms with Crippen LogP contribution in [0.5, 0.6) is 5.75 Å². The summed E-state index contributed by atoms with van der Waals surface area (Å²) in [7, 11) is -2.41. The van der Waals surface area contributed by atoms with Gasteiger partial charge in [0, 0.05) is 18.0 Å². The lowest BCUT2D eigenvalue weighted by molar-refractivity contribution is -0.116. The van der Waals surface area contributed by atoms with Gasteiger partial charge in [0.15, 0.2) is 0 Å². The number of nitrogens with one attached hydrogen (secondary N) is 1. The summed E-state index contributed by atoms with van der Waals surface area (Å²) >= 11 is 0. The number of anilines is 1. The molecule has 3 aromatic rings. The molecule has 1 heterocycles. The van der Waals surface area contributed by atoms with Crippen LogP contribution in [0.2, 0.25) is 0 Å². The summed E-state index contributed by atoms with van der Waals surface area (Å²) in [5.74, 6) is 0.0499. The number of carbonyl (C=O) groups is 1. The first kappa shape index (κ1) is 26.4. The van der Waals surface area contributed by atoms with Crippen molar-refractivity contribution in [2.24, 2.45) is 0 Å². The van der Waals surface area contributed by atoms with Gasteiger partial charge in [-0.15, -0.1) is 0 Å². The Kier molecular flexibility index (Phi) is 7.97. The van der Waals surface area contributed by atoms with Crippen molar-refractivity contribution in [1.29, 1.82) is 0 Å². The molecule has 0 saturated heterocycles. The van der Waals surface area contributed by atoms with Gasteiger partial charge in [-0.2, -0.15) is 9.40 Å². The third-order valence-corrected chi connectivity index (χ3v) is 7.17. The molecule has 0 aliphatic heterocycles. The summed E-state index contributed by atoms with van der Waals surface area (Å²) in [5, 5.41) is 7.49. The first-order valence-corrected chi connectivity index (χ1v) is 12.7. The van der Waals surface area contributed by atoms with Crippen LogP contribution in [0.15, 0.2) is 59.5 Å². The second-order valence-corrected chi connectivity index (χ2v) is 11.1. The van der Waals surface area contributed by atoms with E-state index in [9.17, 15) is 17.6 Å². The predicted octanol–water partition coefficient (Wildman–Crippen LogP) is 4.36. The zero-order chi connectivity index (χ0) is 25.8. The molecule has 0 fully saturated rings. The third-order valence-electron chi connectivity index (χ3n) is 5.31. The molecule has 8 nitrogen and oxygen atoms in total. The number of sulfonamides is 1. The summed E-state index contributed by atoms with van der Waals surface area (Å²) < 4.78 is 47.4. The molecule has 0 spiro atoms. The van der Waals surface area contributed by atoms with Crippen molar-refractivity contribution in [2.45, 2.75) is 44.4 Å². The number of halogens is 1. The molecule has 188 valence electrons. The molecule has 0 unspecified atom stereocenters. The molecular weight excluding hydrogens is 471 g/mol. The predicted molar refractivity (Wildman–Crippen MR) is 133 cm³/mol. The average molecular weight is 503 g/mol. The first-order valence-electron chi connectivity index (χ1n) is 11.3. The summed E-state index contributed by atoms with van der Waals surface area (Å²) in [6.45, 7) is 7.59. The SMILES string of the molecule is CCCN(CC(=O)Nc1cc(C(C)(C)C)nn1-c1ccc(OC)cc1)S(=O)(=O)c1ccc(F)cc1. The van der Waals surface area contributed by atoms with Crippen molar-refractivity contribution in [3.63, 3.8) is 0 Å². The number of carbonyl (C=O) groups excluding carboxylic acids is 1. The maximum absolute atomic E-state index is 13.3. The van der Waals surface area contributed by atoms with Crippen molar-refractivity contribution in [1.82, 2.24) is 14.1 Å². The minimum Gasteiger partial charge on any atom is -0.497 e. The quantitative estimate of drug-likeness (QED) is 0.469. The Morgan fingerprint density at radius 1 is 1.11 bits per heavy atom. The highest BCUT2D eigenvalue weighted by molar-refractivity contribution is 7.89. The van der Waals surface area contributed by atoms with Crippen LogP contribution in [0.3, 0.4) is 0 Å². The van der Waals surface area contributed by atoms with Crippen LogP contribution in [0, 0.1) is 5.82 Å². The Hall–Kier alpha value is -3.24. The van der Waals surface area contributed by atoms with Crippen LogP contribution in [0.4, 0.5) is 10.2 Å². The minimum absolute atomic E-state index is 0.0709. The molecule has 0 atom stereocenters. The number of hydrogen-bond donors (Lipinski definition) is 1. The Labute approximate surface area is 205 Å². The zero-order valence-electron chi connectivity index (χ0n) is 20.6.